The van der Waals surface area contributed by atoms with Gasteiger partial charge in [0, 0.05) is 25.7 Å². The molecule has 0 bridgehead atoms. The molecule has 1 aliphatic heterocycles. The van der Waals surface area contributed by atoms with Crippen LogP contribution in [-0.4, -0.2) is 39.5 Å². The number of hydrogen-bond acceptors (Lipinski definition) is 5. The van der Waals surface area contributed by atoms with Crippen LogP contribution in [0, 0.1) is 18.8 Å². The van der Waals surface area contributed by atoms with Crippen LogP contribution >= 0.6 is 11.5 Å². The molecule has 2 fully saturated rings. The molecule has 24 heavy (non-hydrogen) atoms. The van der Waals surface area contributed by atoms with E-state index in [4.69, 9.17) is 0 Å². The molecule has 4 rings (SSSR count). The quantitative estimate of drug-likeness (QED) is 0.927. The molecule has 1 saturated heterocycles. The SMILES string of the molecule is Cc1nnsc1C(=O)N[C@@H]1CC[C@H]2CN(Cc3ccccc3)C[C@@H]21. The molecule has 1 saturated carbocycles. The van der Waals surface area contributed by atoms with Gasteiger partial charge in [-0.1, -0.05) is 34.8 Å². The van der Waals surface area contributed by atoms with Crippen molar-refractivity contribution in [3.63, 3.8) is 0 Å². The van der Waals surface area contributed by atoms with Crippen LogP contribution in [-0.2, 0) is 6.54 Å². The molecule has 126 valence electrons. The van der Waals surface area contributed by atoms with E-state index in [2.05, 4.69) is 50.1 Å². The number of likely N-dealkylation sites (tertiary alicyclic amines) is 1. The maximum absolute atomic E-state index is 12.4. The minimum atomic E-state index is -0.00495. The average molecular weight is 342 g/mol. The monoisotopic (exact) mass is 342 g/mol. The fourth-order valence-electron chi connectivity index (χ4n) is 4.18. The molecule has 2 aliphatic rings. The van der Waals surface area contributed by atoms with Crippen molar-refractivity contribution in [3.8, 4) is 0 Å². The van der Waals surface area contributed by atoms with Crippen molar-refractivity contribution in [2.24, 2.45) is 11.8 Å². The van der Waals surface area contributed by atoms with Gasteiger partial charge in [-0.25, -0.2) is 0 Å². The standard InChI is InChI=1S/C18H22N4OS/c1-12-17(24-21-20-12)18(23)19-16-8-7-14-10-22(11-15(14)16)9-13-5-3-2-4-6-13/h2-6,14-16H,7-11H2,1H3,(H,19,23)/t14-,15-,16+/m0/s1. The van der Waals surface area contributed by atoms with E-state index in [1.165, 1.54) is 23.5 Å². The Morgan fingerprint density at radius 1 is 1.29 bits per heavy atom. The third-order valence-electron chi connectivity index (χ3n) is 5.36. The Hall–Kier alpha value is -1.79. The maximum atomic E-state index is 12.4. The largest absolute Gasteiger partial charge is 0.348 e. The van der Waals surface area contributed by atoms with Gasteiger partial charge in [-0.3, -0.25) is 9.69 Å². The lowest BCUT2D eigenvalue weighted by molar-refractivity contribution is 0.0929. The van der Waals surface area contributed by atoms with Gasteiger partial charge in [0.25, 0.3) is 5.91 Å². The number of aryl methyl sites for hydroxylation is 1. The zero-order valence-electron chi connectivity index (χ0n) is 13.8. The number of carbonyl (C=O) groups is 1. The van der Waals surface area contributed by atoms with Gasteiger partial charge in [0.05, 0.1) is 5.69 Å². The Morgan fingerprint density at radius 3 is 2.88 bits per heavy atom. The third-order valence-corrected chi connectivity index (χ3v) is 6.18. The van der Waals surface area contributed by atoms with Crippen molar-refractivity contribution >= 4 is 17.4 Å². The summed E-state index contributed by atoms with van der Waals surface area (Å²) in [5, 5.41) is 7.18. The Balaban J connectivity index is 1.38. The third kappa shape index (κ3) is 3.08. The summed E-state index contributed by atoms with van der Waals surface area (Å²) in [6.45, 7) is 5.07. The number of fused-ring (bicyclic) bond motifs is 1. The second kappa shape index (κ2) is 6.61. The highest BCUT2D eigenvalue weighted by molar-refractivity contribution is 7.08. The fourth-order valence-corrected chi connectivity index (χ4v) is 4.74. The lowest BCUT2D eigenvalue weighted by Gasteiger charge is -2.21. The molecule has 3 atom stereocenters. The van der Waals surface area contributed by atoms with Gasteiger partial charge in [0.2, 0.25) is 0 Å². The highest BCUT2D eigenvalue weighted by atomic mass is 32.1. The van der Waals surface area contributed by atoms with Crippen molar-refractivity contribution < 1.29 is 4.79 Å². The van der Waals surface area contributed by atoms with E-state index in [0.29, 0.717) is 16.7 Å². The molecular formula is C18H22N4OS. The van der Waals surface area contributed by atoms with Gasteiger partial charge in [0.15, 0.2) is 0 Å². The molecule has 0 unspecified atom stereocenters. The molecule has 5 nitrogen and oxygen atoms in total. The summed E-state index contributed by atoms with van der Waals surface area (Å²) in [5.74, 6) is 1.27. The van der Waals surface area contributed by atoms with Gasteiger partial charge in [0.1, 0.15) is 4.88 Å². The van der Waals surface area contributed by atoms with E-state index in [-0.39, 0.29) is 11.9 Å². The second-order valence-corrected chi connectivity index (χ2v) is 7.70. The zero-order chi connectivity index (χ0) is 16.5. The normalized spacial score (nSPS) is 26.5. The minimum Gasteiger partial charge on any atom is -0.348 e. The Kier molecular flexibility index (Phi) is 4.33. The number of nitrogens with one attached hydrogen (secondary N) is 1. The fraction of sp³-hybridized carbons (Fsp3) is 0.500. The molecule has 0 radical (unpaired) electrons. The smallest absolute Gasteiger partial charge is 0.265 e. The predicted octanol–water partition coefficient (Wildman–Crippen LogP) is 2.49. The summed E-state index contributed by atoms with van der Waals surface area (Å²) in [5.41, 5.74) is 2.09. The average Bonchev–Trinajstić information content (AvgIpc) is 3.26. The molecular weight excluding hydrogens is 320 g/mol. The van der Waals surface area contributed by atoms with E-state index in [1.54, 1.807) is 0 Å². The van der Waals surface area contributed by atoms with E-state index < -0.39 is 0 Å². The number of nitrogens with zero attached hydrogens (tertiary/aromatic N) is 3. The first-order chi connectivity index (χ1) is 11.7. The van der Waals surface area contributed by atoms with E-state index in [0.717, 1.165) is 31.7 Å². The highest BCUT2D eigenvalue weighted by Crippen LogP contribution is 2.38. The van der Waals surface area contributed by atoms with Crippen LogP contribution in [0.1, 0.15) is 33.8 Å². The van der Waals surface area contributed by atoms with Crippen molar-refractivity contribution in [2.45, 2.75) is 32.4 Å². The van der Waals surface area contributed by atoms with Crippen LogP contribution in [0.5, 0.6) is 0 Å². The minimum absolute atomic E-state index is 0.00495. The van der Waals surface area contributed by atoms with Crippen LogP contribution in [0.25, 0.3) is 0 Å². The molecule has 2 aromatic rings. The zero-order valence-corrected chi connectivity index (χ0v) is 14.6. The molecule has 1 aliphatic carbocycles. The van der Waals surface area contributed by atoms with Crippen LogP contribution in [0.3, 0.4) is 0 Å². The first-order valence-corrected chi connectivity index (χ1v) is 9.34. The first-order valence-electron chi connectivity index (χ1n) is 8.57. The van der Waals surface area contributed by atoms with Crippen LogP contribution < -0.4 is 5.32 Å². The number of amides is 1. The van der Waals surface area contributed by atoms with Crippen molar-refractivity contribution in [2.75, 3.05) is 13.1 Å². The number of carbonyl (C=O) groups excluding carboxylic acids is 1. The van der Waals surface area contributed by atoms with Crippen LogP contribution in [0.4, 0.5) is 0 Å². The highest BCUT2D eigenvalue weighted by Gasteiger charge is 2.43. The Morgan fingerprint density at radius 2 is 2.12 bits per heavy atom. The molecule has 6 heteroatoms. The lowest BCUT2D eigenvalue weighted by Crippen LogP contribution is -2.39. The van der Waals surface area contributed by atoms with Crippen LogP contribution in [0.15, 0.2) is 30.3 Å². The summed E-state index contributed by atoms with van der Waals surface area (Å²) < 4.78 is 3.87. The van der Waals surface area contributed by atoms with Gasteiger partial charge in [-0.05, 0) is 48.7 Å². The summed E-state index contributed by atoms with van der Waals surface area (Å²) in [7, 11) is 0. The van der Waals surface area contributed by atoms with Crippen molar-refractivity contribution in [3.05, 3.63) is 46.5 Å². The van der Waals surface area contributed by atoms with Crippen LogP contribution in [0.2, 0.25) is 0 Å². The first kappa shape index (κ1) is 15.7. The van der Waals surface area contributed by atoms with Gasteiger partial charge in [-0.2, -0.15) is 0 Å². The van der Waals surface area contributed by atoms with Gasteiger partial charge >= 0.3 is 0 Å². The number of aromatic nitrogens is 2. The topological polar surface area (TPSA) is 58.1 Å². The number of hydrogen-bond donors (Lipinski definition) is 1. The molecule has 1 aromatic carbocycles. The molecule has 1 aromatic heterocycles. The predicted molar refractivity (Wildman–Crippen MR) is 93.8 cm³/mol. The summed E-state index contributed by atoms with van der Waals surface area (Å²) in [6, 6.07) is 10.9. The maximum Gasteiger partial charge on any atom is 0.265 e. The number of benzene rings is 1. The second-order valence-electron chi connectivity index (χ2n) is 6.95. The summed E-state index contributed by atoms with van der Waals surface area (Å²) in [4.78, 5) is 15.6. The van der Waals surface area contributed by atoms with E-state index in [1.807, 2.05) is 6.92 Å². The van der Waals surface area contributed by atoms with E-state index >= 15 is 0 Å². The molecule has 1 amide bonds. The van der Waals surface area contributed by atoms with Gasteiger partial charge in [-0.15, -0.1) is 5.10 Å². The lowest BCUT2D eigenvalue weighted by atomic mass is 9.98. The van der Waals surface area contributed by atoms with E-state index in [9.17, 15) is 4.79 Å². The Bertz CT molecular complexity index is 717. The Labute approximate surface area is 146 Å². The summed E-state index contributed by atoms with van der Waals surface area (Å²) >= 11 is 1.19. The molecule has 2 heterocycles. The number of rotatable bonds is 4. The van der Waals surface area contributed by atoms with Crippen molar-refractivity contribution in [1.82, 2.24) is 19.8 Å². The summed E-state index contributed by atoms with van der Waals surface area (Å²) in [6.07, 6.45) is 2.30. The van der Waals surface area contributed by atoms with Gasteiger partial charge < -0.3 is 5.32 Å². The molecule has 1 N–H and O–H groups in total. The van der Waals surface area contributed by atoms with Crippen molar-refractivity contribution in [1.29, 1.82) is 0 Å². The molecule has 0 spiro atoms.